The molecule has 2 aromatic rings. The van der Waals surface area contributed by atoms with Gasteiger partial charge in [0.25, 0.3) is 5.91 Å². The van der Waals surface area contributed by atoms with E-state index in [0.29, 0.717) is 17.3 Å². The number of alkyl carbamates (subject to hydrolysis) is 1. The zero-order valence-electron chi connectivity index (χ0n) is 18.9. The number of aryl methyl sites for hydroxylation is 1. The van der Waals surface area contributed by atoms with Crippen LogP contribution in [0, 0.1) is 12.8 Å². The van der Waals surface area contributed by atoms with E-state index in [4.69, 9.17) is 0 Å². The van der Waals surface area contributed by atoms with E-state index in [0.717, 1.165) is 28.8 Å². The van der Waals surface area contributed by atoms with Crippen molar-refractivity contribution in [3.8, 4) is 0 Å². The summed E-state index contributed by atoms with van der Waals surface area (Å²) in [5.41, 5.74) is 2.10. The highest BCUT2D eigenvalue weighted by atomic mass is 32.2. The molecule has 8 nitrogen and oxygen atoms in total. The van der Waals surface area contributed by atoms with Crippen molar-refractivity contribution in [3.63, 3.8) is 0 Å². The Morgan fingerprint density at radius 3 is 2.55 bits per heavy atom. The summed E-state index contributed by atoms with van der Waals surface area (Å²) in [5, 5.41) is 5.30. The first-order valence-corrected chi connectivity index (χ1v) is 13.2. The minimum Gasteiger partial charge on any atom is -0.453 e. The Morgan fingerprint density at radius 1 is 1.18 bits per heavy atom. The van der Waals surface area contributed by atoms with Crippen LogP contribution in [0.3, 0.4) is 0 Å². The first-order chi connectivity index (χ1) is 15.6. The van der Waals surface area contributed by atoms with E-state index >= 15 is 0 Å². The summed E-state index contributed by atoms with van der Waals surface area (Å²) in [6, 6.07) is 6.60. The van der Waals surface area contributed by atoms with Crippen molar-refractivity contribution in [1.82, 2.24) is 5.32 Å². The average Bonchev–Trinajstić information content (AvgIpc) is 3.10. The molecule has 0 bridgehead atoms. The minimum absolute atomic E-state index is 0.0118. The number of carbonyl (C=O) groups excluding carboxylic acids is 3. The number of fused-ring (bicyclic) bond motifs is 1. The first-order valence-electron chi connectivity index (χ1n) is 10.7. The number of hydrogen-bond acceptors (Lipinski definition) is 7. The van der Waals surface area contributed by atoms with Gasteiger partial charge in [0.1, 0.15) is 5.00 Å². The molecule has 1 aliphatic rings. The number of thiophene rings is 1. The number of carbonyl (C=O) groups is 3. The molecule has 3 amide bonds. The van der Waals surface area contributed by atoms with Gasteiger partial charge < -0.3 is 10.1 Å². The molecular weight excluding hydrogens is 464 g/mol. The topological polar surface area (TPSA) is 119 Å². The lowest BCUT2D eigenvalue weighted by Crippen LogP contribution is -2.31. The summed E-state index contributed by atoms with van der Waals surface area (Å²) in [5.74, 6) is -0.695. The maximum Gasteiger partial charge on any atom is 0.413 e. The third kappa shape index (κ3) is 6.20. The van der Waals surface area contributed by atoms with Gasteiger partial charge in [0.15, 0.2) is 9.84 Å². The van der Waals surface area contributed by atoms with Crippen molar-refractivity contribution in [3.05, 3.63) is 45.8 Å². The van der Waals surface area contributed by atoms with Crippen LogP contribution >= 0.6 is 11.3 Å². The highest BCUT2D eigenvalue weighted by molar-refractivity contribution is 7.91. The molecule has 1 aliphatic carbocycles. The molecule has 0 fully saturated rings. The Labute approximate surface area is 197 Å². The number of imide groups is 1. The molecule has 1 unspecified atom stereocenters. The van der Waals surface area contributed by atoms with Crippen molar-refractivity contribution in [1.29, 1.82) is 0 Å². The number of amides is 3. The van der Waals surface area contributed by atoms with E-state index in [1.807, 2.05) is 6.92 Å². The van der Waals surface area contributed by atoms with Gasteiger partial charge in [-0.3, -0.25) is 14.9 Å². The Morgan fingerprint density at radius 2 is 1.88 bits per heavy atom. The normalized spacial score (nSPS) is 15.4. The average molecular weight is 493 g/mol. The molecule has 1 atom stereocenters. The zero-order chi connectivity index (χ0) is 24.2. The summed E-state index contributed by atoms with van der Waals surface area (Å²) in [6.45, 7) is 4.01. The summed E-state index contributed by atoms with van der Waals surface area (Å²) in [6.07, 6.45) is 1.65. The monoisotopic (exact) mass is 492 g/mol. The fraction of sp³-hybridized carbons (Fsp3) is 0.435. The van der Waals surface area contributed by atoms with Crippen LogP contribution in [0.4, 0.5) is 9.80 Å². The van der Waals surface area contributed by atoms with Crippen LogP contribution in [0.15, 0.2) is 29.2 Å². The molecule has 0 aliphatic heterocycles. The molecule has 0 saturated heterocycles. The number of rotatable bonds is 7. The van der Waals surface area contributed by atoms with Gasteiger partial charge in [-0.15, -0.1) is 11.3 Å². The Kier molecular flexibility index (Phi) is 7.91. The fourth-order valence-electron chi connectivity index (χ4n) is 3.76. The van der Waals surface area contributed by atoms with Gasteiger partial charge in [-0.25, -0.2) is 13.2 Å². The van der Waals surface area contributed by atoms with Crippen molar-refractivity contribution < 1.29 is 27.5 Å². The van der Waals surface area contributed by atoms with Crippen LogP contribution in [0.25, 0.3) is 0 Å². The minimum atomic E-state index is -3.48. The van der Waals surface area contributed by atoms with Gasteiger partial charge in [-0.1, -0.05) is 24.6 Å². The molecule has 1 heterocycles. The van der Waals surface area contributed by atoms with E-state index in [-0.39, 0.29) is 35.0 Å². The summed E-state index contributed by atoms with van der Waals surface area (Å²) in [7, 11) is -2.32. The summed E-state index contributed by atoms with van der Waals surface area (Å²) in [4.78, 5) is 38.1. The SMILES string of the molecule is COC(=O)NC(=O)c1c(NC(=O)CCCS(=O)(=O)c2ccc(C)cc2)sc2c1CCC(C)C2. The second-order valence-corrected chi connectivity index (χ2v) is 11.5. The molecular formula is C23H28N2O6S2. The molecule has 1 aromatic carbocycles. The molecule has 2 N–H and O–H groups in total. The Bertz CT molecular complexity index is 1150. The van der Waals surface area contributed by atoms with Crippen LogP contribution < -0.4 is 10.6 Å². The van der Waals surface area contributed by atoms with Crippen molar-refractivity contribution in [2.24, 2.45) is 5.92 Å². The molecule has 3 rings (SSSR count). The van der Waals surface area contributed by atoms with Gasteiger partial charge in [-0.2, -0.15) is 0 Å². The van der Waals surface area contributed by atoms with Crippen LogP contribution in [0.5, 0.6) is 0 Å². The standard InChI is InChI=1S/C23H28N2O6S2/c1-14-6-9-16(10-7-14)33(29,30)12-4-5-19(26)24-22-20(21(27)25-23(28)31-3)17-11-8-15(2)13-18(17)32-22/h6-7,9-10,15H,4-5,8,11-13H2,1-3H3,(H,24,26)(H,25,27,28). The molecule has 0 spiro atoms. The largest absolute Gasteiger partial charge is 0.453 e. The lowest BCUT2D eigenvalue weighted by molar-refractivity contribution is -0.116. The second-order valence-electron chi connectivity index (χ2n) is 8.29. The molecule has 0 radical (unpaired) electrons. The number of ether oxygens (including phenoxy) is 1. The lowest BCUT2D eigenvalue weighted by Gasteiger charge is -2.18. The van der Waals surface area contributed by atoms with Gasteiger partial charge in [0, 0.05) is 11.3 Å². The Hall–Kier alpha value is -2.72. The van der Waals surface area contributed by atoms with E-state index in [1.54, 1.807) is 24.3 Å². The van der Waals surface area contributed by atoms with Gasteiger partial charge >= 0.3 is 6.09 Å². The van der Waals surface area contributed by atoms with E-state index in [9.17, 15) is 22.8 Å². The fourth-order valence-corrected chi connectivity index (χ4v) is 6.50. The van der Waals surface area contributed by atoms with Gasteiger partial charge in [0.05, 0.1) is 23.3 Å². The number of sulfone groups is 1. The molecule has 0 saturated carbocycles. The smallest absolute Gasteiger partial charge is 0.413 e. The maximum absolute atomic E-state index is 12.7. The number of anilines is 1. The molecule has 1 aromatic heterocycles. The highest BCUT2D eigenvalue weighted by Gasteiger charge is 2.29. The van der Waals surface area contributed by atoms with Crippen LogP contribution in [-0.4, -0.2) is 39.2 Å². The van der Waals surface area contributed by atoms with Crippen molar-refractivity contribution >= 4 is 44.1 Å². The number of benzene rings is 1. The van der Waals surface area contributed by atoms with Crippen LogP contribution in [-0.2, 0) is 32.2 Å². The highest BCUT2D eigenvalue weighted by Crippen LogP contribution is 2.39. The van der Waals surface area contributed by atoms with Crippen LogP contribution in [0.1, 0.15) is 52.5 Å². The lowest BCUT2D eigenvalue weighted by atomic mass is 9.88. The zero-order valence-corrected chi connectivity index (χ0v) is 20.5. The quantitative estimate of drug-likeness (QED) is 0.606. The van der Waals surface area contributed by atoms with Crippen molar-refractivity contribution in [2.45, 2.75) is 50.8 Å². The van der Waals surface area contributed by atoms with E-state index in [2.05, 4.69) is 22.3 Å². The van der Waals surface area contributed by atoms with Crippen LogP contribution in [0.2, 0.25) is 0 Å². The van der Waals surface area contributed by atoms with E-state index < -0.39 is 21.8 Å². The number of methoxy groups -OCH3 is 1. The molecule has 178 valence electrons. The van der Waals surface area contributed by atoms with Gasteiger partial charge in [0.2, 0.25) is 5.91 Å². The third-order valence-electron chi connectivity index (χ3n) is 5.59. The molecule has 33 heavy (non-hydrogen) atoms. The molecule has 10 heteroatoms. The van der Waals surface area contributed by atoms with Gasteiger partial charge in [-0.05, 0) is 56.2 Å². The number of hydrogen-bond donors (Lipinski definition) is 2. The number of nitrogens with one attached hydrogen (secondary N) is 2. The maximum atomic E-state index is 12.7. The van der Waals surface area contributed by atoms with E-state index in [1.165, 1.54) is 18.4 Å². The second kappa shape index (κ2) is 10.5. The predicted octanol–water partition coefficient (Wildman–Crippen LogP) is 3.87. The third-order valence-corrected chi connectivity index (χ3v) is 8.58. The summed E-state index contributed by atoms with van der Waals surface area (Å²) < 4.78 is 29.5. The Balaban J connectivity index is 1.69. The predicted molar refractivity (Wildman–Crippen MR) is 126 cm³/mol. The van der Waals surface area contributed by atoms with Crippen molar-refractivity contribution in [2.75, 3.05) is 18.2 Å². The summed E-state index contributed by atoms with van der Waals surface area (Å²) >= 11 is 1.33. The first kappa shape index (κ1) is 24.9.